The number of methoxy groups -OCH3 is 2. The summed E-state index contributed by atoms with van der Waals surface area (Å²) in [6.07, 6.45) is 1.79. The number of fused-ring (bicyclic) bond motifs is 3. The van der Waals surface area contributed by atoms with Crippen molar-refractivity contribution >= 4 is 33.8 Å². The predicted molar refractivity (Wildman–Crippen MR) is 101 cm³/mol. The van der Waals surface area contributed by atoms with Crippen molar-refractivity contribution in [3.05, 3.63) is 66.2 Å². The predicted octanol–water partition coefficient (Wildman–Crippen LogP) is 5.35. The van der Waals surface area contributed by atoms with Crippen LogP contribution in [0, 0.1) is 0 Å². The minimum atomic E-state index is 0.720. The molecule has 0 radical (unpaired) electrons. The Kier molecular flexibility index (Phi) is 3.86. The number of hydrogen-bond acceptors (Lipinski definition) is 4. The highest BCUT2D eigenvalue weighted by Gasteiger charge is 2.07. The molecule has 0 fully saturated rings. The van der Waals surface area contributed by atoms with Crippen molar-refractivity contribution in [1.29, 1.82) is 0 Å². The fraction of sp³-hybridized carbons (Fsp3) is 0.0952. The molecule has 4 aromatic rings. The van der Waals surface area contributed by atoms with Gasteiger partial charge in [-0.25, -0.2) is 0 Å². The standard InChI is InChI=1S/C21H17NO3/c1-23-16-9-7-14(21(12-16)24-2)13-22-15-8-10-20-18(11-15)17-5-3-4-6-19(17)25-20/h3-13H,1-2H3. The van der Waals surface area contributed by atoms with E-state index in [9.17, 15) is 0 Å². The van der Waals surface area contributed by atoms with Gasteiger partial charge in [-0.2, -0.15) is 0 Å². The zero-order chi connectivity index (χ0) is 17.2. The zero-order valence-corrected chi connectivity index (χ0v) is 14.0. The third-order valence-corrected chi connectivity index (χ3v) is 4.15. The summed E-state index contributed by atoms with van der Waals surface area (Å²) in [7, 11) is 3.27. The molecule has 0 aliphatic heterocycles. The van der Waals surface area contributed by atoms with E-state index in [0.29, 0.717) is 0 Å². The average Bonchev–Trinajstić information content (AvgIpc) is 3.04. The molecule has 1 aromatic heterocycles. The molecule has 0 atom stereocenters. The summed E-state index contributed by atoms with van der Waals surface area (Å²) >= 11 is 0. The van der Waals surface area contributed by atoms with E-state index < -0.39 is 0 Å². The Labute approximate surface area is 145 Å². The van der Waals surface area contributed by atoms with Crippen LogP contribution < -0.4 is 9.47 Å². The molecule has 4 rings (SSSR count). The molecule has 0 aliphatic rings. The topological polar surface area (TPSA) is 44.0 Å². The maximum absolute atomic E-state index is 5.85. The summed E-state index contributed by atoms with van der Waals surface area (Å²) in [6.45, 7) is 0. The van der Waals surface area contributed by atoms with Crippen molar-refractivity contribution in [2.75, 3.05) is 14.2 Å². The lowest BCUT2D eigenvalue weighted by Crippen LogP contribution is -1.92. The van der Waals surface area contributed by atoms with Gasteiger partial charge in [0, 0.05) is 28.6 Å². The fourth-order valence-corrected chi connectivity index (χ4v) is 2.86. The molecule has 0 spiro atoms. The lowest BCUT2D eigenvalue weighted by molar-refractivity contribution is 0.394. The Bertz CT molecular complexity index is 1080. The number of hydrogen-bond donors (Lipinski definition) is 0. The summed E-state index contributed by atoms with van der Waals surface area (Å²) < 4.78 is 16.5. The van der Waals surface area contributed by atoms with Gasteiger partial charge in [-0.05, 0) is 36.4 Å². The molecule has 4 heteroatoms. The summed E-state index contributed by atoms with van der Waals surface area (Å²) in [6, 6.07) is 19.6. The molecule has 0 aliphatic carbocycles. The number of furan rings is 1. The second-order valence-corrected chi connectivity index (χ2v) is 5.64. The number of ether oxygens (including phenoxy) is 2. The highest BCUT2D eigenvalue weighted by atomic mass is 16.5. The average molecular weight is 331 g/mol. The minimum absolute atomic E-state index is 0.720. The van der Waals surface area contributed by atoms with Crippen molar-refractivity contribution in [2.45, 2.75) is 0 Å². The maximum Gasteiger partial charge on any atom is 0.135 e. The largest absolute Gasteiger partial charge is 0.497 e. The van der Waals surface area contributed by atoms with Gasteiger partial charge < -0.3 is 13.9 Å². The van der Waals surface area contributed by atoms with Crippen LogP contribution in [-0.2, 0) is 0 Å². The third-order valence-electron chi connectivity index (χ3n) is 4.15. The molecule has 4 nitrogen and oxygen atoms in total. The van der Waals surface area contributed by atoms with Gasteiger partial charge in [0.15, 0.2) is 0 Å². The van der Waals surface area contributed by atoms with E-state index in [-0.39, 0.29) is 0 Å². The van der Waals surface area contributed by atoms with Gasteiger partial charge >= 0.3 is 0 Å². The quantitative estimate of drug-likeness (QED) is 0.473. The van der Waals surface area contributed by atoms with Crippen LogP contribution in [0.2, 0.25) is 0 Å². The van der Waals surface area contributed by atoms with Crippen LogP contribution in [0.3, 0.4) is 0 Å². The van der Waals surface area contributed by atoms with Gasteiger partial charge in [0.25, 0.3) is 0 Å². The van der Waals surface area contributed by atoms with Crippen LogP contribution in [0.4, 0.5) is 5.69 Å². The molecule has 1 heterocycles. The van der Waals surface area contributed by atoms with E-state index in [0.717, 1.165) is 44.7 Å². The number of nitrogens with zero attached hydrogens (tertiary/aromatic N) is 1. The molecule has 0 N–H and O–H groups in total. The van der Waals surface area contributed by atoms with E-state index in [4.69, 9.17) is 13.9 Å². The molecular weight excluding hydrogens is 314 g/mol. The summed E-state index contributed by atoms with van der Waals surface area (Å²) in [5.74, 6) is 1.47. The molecule has 0 unspecified atom stereocenters. The smallest absolute Gasteiger partial charge is 0.135 e. The first kappa shape index (κ1) is 15.3. The first-order valence-electron chi connectivity index (χ1n) is 7.96. The lowest BCUT2D eigenvalue weighted by Gasteiger charge is -2.06. The van der Waals surface area contributed by atoms with Crippen LogP contribution in [0.5, 0.6) is 11.5 Å². The molecule has 124 valence electrons. The van der Waals surface area contributed by atoms with Gasteiger partial charge in [0.2, 0.25) is 0 Å². The van der Waals surface area contributed by atoms with Gasteiger partial charge in [-0.1, -0.05) is 18.2 Å². The van der Waals surface area contributed by atoms with Crippen molar-refractivity contribution < 1.29 is 13.9 Å². The van der Waals surface area contributed by atoms with Crippen molar-refractivity contribution in [1.82, 2.24) is 0 Å². The Morgan fingerprint density at radius 3 is 2.52 bits per heavy atom. The number of para-hydroxylation sites is 1. The van der Waals surface area contributed by atoms with E-state index in [1.165, 1.54) is 0 Å². The first-order valence-corrected chi connectivity index (χ1v) is 7.96. The van der Waals surface area contributed by atoms with Crippen molar-refractivity contribution in [3.8, 4) is 11.5 Å². The van der Waals surface area contributed by atoms with E-state index >= 15 is 0 Å². The molecule has 0 bridgehead atoms. The first-order chi connectivity index (χ1) is 12.3. The zero-order valence-electron chi connectivity index (χ0n) is 14.0. The molecule has 25 heavy (non-hydrogen) atoms. The molecule has 0 amide bonds. The number of aliphatic imine (C=N–C) groups is 1. The summed E-state index contributed by atoms with van der Waals surface area (Å²) in [5.41, 5.74) is 3.50. The molecule has 0 saturated heterocycles. The normalized spacial score (nSPS) is 11.4. The Hall–Kier alpha value is -3.27. The number of benzene rings is 3. The van der Waals surface area contributed by atoms with Crippen LogP contribution >= 0.6 is 0 Å². The van der Waals surface area contributed by atoms with Crippen molar-refractivity contribution in [2.24, 2.45) is 4.99 Å². The highest BCUT2D eigenvalue weighted by Crippen LogP contribution is 2.31. The van der Waals surface area contributed by atoms with Gasteiger partial charge in [-0.15, -0.1) is 0 Å². The maximum atomic E-state index is 5.85. The molecule has 3 aromatic carbocycles. The molecular formula is C21H17NO3. The third kappa shape index (κ3) is 2.83. The van der Waals surface area contributed by atoms with Crippen LogP contribution in [0.15, 0.2) is 70.1 Å². The SMILES string of the molecule is COc1ccc(C=Nc2ccc3oc4ccccc4c3c2)c(OC)c1. The highest BCUT2D eigenvalue weighted by molar-refractivity contribution is 6.06. The number of rotatable bonds is 4. The lowest BCUT2D eigenvalue weighted by atomic mass is 10.1. The Morgan fingerprint density at radius 2 is 1.68 bits per heavy atom. The van der Waals surface area contributed by atoms with Crippen LogP contribution in [-0.4, -0.2) is 20.4 Å². The monoisotopic (exact) mass is 331 g/mol. The van der Waals surface area contributed by atoms with Crippen LogP contribution in [0.1, 0.15) is 5.56 Å². The second kappa shape index (κ2) is 6.32. The Balaban J connectivity index is 1.73. The second-order valence-electron chi connectivity index (χ2n) is 5.64. The van der Waals surface area contributed by atoms with Gasteiger partial charge in [0.05, 0.1) is 19.9 Å². The minimum Gasteiger partial charge on any atom is -0.497 e. The van der Waals surface area contributed by atoms with E-state index in [2.05, 4.69) is 11.1 Å². The summed E-state index contributed by atoms with van der Waals surface area (Å²) in [4.78, 5) is 4.59. The van der Waals surface area contributed by atoms with Crippen LogP contribution in [0.25, 0.3) is 21.9 Å². The fourth-order valence-electron chi connectivity index (χ4n) is 2.86. The van der Waals surface area contributed by atoms with Crippen molar-refractivity contribution in [3.63, 3.8) is 0 Å². The Morgan fingerprint density at radius 1 is 0.840 bits per heavy atom. The summed E-state index contributed by atoms with van der Waals surface area (Å²) in [5, 5.41) is 2.16. The van der Waals surface area contributed by atoms with E-state index in [1.54, 1.807) is 20.4 Å². The van der Waals surface area contributed by atoms with E-state index in [1.807, 2.05) is 54.6 Å². The van der Waals surface area contributed by atoms with Gasteiger partial charge in [0.1, 0.15) is 22.7 Å². The van der Waals surface area contributed by atoms with Gasteiger partial charge in [-0.3, -0.25) is 4.99 Å². The molecule has 0 saturated carbocycles.